The van der Waals surface area contributed by atoms with Gasteiger partial charge in [0, 0.05) is 12.8 Å². The summed E-state index contributed by atoms with van der Waals surface area (Å²) in [6.45, 7) is 6.16. The van der Waals surface area contributed by atoms with Gasteiger partial charge in [-0.2, -0.15) is 0 Å². The molecule has 64 heavy (non-hydrogen) atoms. The molecule has 1 unspecified atom stereocenters. The van der Waals surface area contributed by atoms with E-state index in [1.54, 1.807) is 6.08 Å². The van der Waals surface area contributed by atoms with Crippen molar-refractivity contribution in [1.29, 1.82) is 0 Å². The van der Waals surface area contributed by atoms with Crippen LogP contribution in [0.15, 0.2) is 146 Å². The Morgan fingerprint density at radius 2 is 0.734 bits per heavy atom. The van der Waals surface area contributed by atoms with E-state index < -0.39 is 12.1 Å². The molecule has 0 saturated carbocycles. The third kappa shape index (κ3) is 48.3. The maximum absolute atomic E-state index is 12.8. The Labute approximate surface area is 391 Å². The third-order valence-corrected chi connectivity index (χ3v) is 9.70. The highest BCUT2D eigenvalue weighted by molar-refractivity contribution is 5.72. The highest BCUT2D eigenvalue weighted by Gasteiger charge is 2.19. The minimum atomic E-state index is -0.839. The predicted octanol–water partition coefficient (Wildman–Crippen LogP) is 16.5. The Hall–Kier alpha value is -4.71. The molecule has 0 aliphatic carbocycles. The molecular formula is C58H88O6. The van der Waals surface area contributed by atoms with E-state index in [-0.39, 0.29) is 38.0 Å². The smallest absolute Gasteiger partial charge is 0.309 e. The summed E-state index contributed by atoms with van der Waals surface area (Å²) in [7, 11) is 0. The van der Waals surface area contributed by atoms with Crippen LogP contribution in [-0.4, -0.2) is 37.2 Å². The number of rotatable bonds is 42. The Balaban J connectivity index is 4.49. The Kier molecular flexibility index (Phi) is 47.2. The van der Waals surface area contributed by atoms with Crippen LogP contribution in [0.25, 0.3) is 0 Å². The van der Waals surface area contributed by atoms with Crippen molar-refractivity contribution in [3.05, 3.63) is 146 Å². The molecule has 0 spiro atoms. The van der Waals surface area contributed by atoms with E-state index in [0.29, 0.717) is 6.42 Å². The second kappa shape index (κ2) is 50.9. The van der Waals surface area contributed by atoms with E-state index in [9.17, 15) is 14.4 Å². The fraction of sp³-hybridized carbons (Fsp3) is 0.534. The zero-order valence-electron chi connectivity index (χ0n) is 40.5. The molecule has 6 heteroatoms. The van der Waals surface area contributed by atoms with E-state index in [4.69, 9.17) is 14.2 Å². The van der Waals surface area contributed by atoms with Crippen LogP contribution < -0.4 is 0 Å². The van der Waals surface area contributed by atoms with Crippen molar-refractivity contribution < 1.29 is 28.6 Å². The highest BCUT2D eigenvalue weighted by atomic mass is 16.6. The van der Waals surface area contributed by atoms with Gasteiger partial charge in [-0.25, -0.2) is 0 Å². The Morgan fingerprint density at radius 1 is 0.359 bits per heavy atom. The van der Waals surface area contributed by atoms with Crippen molar-refractivity contribution in [3.8, 4) is 0 Å². The fourth-order valence-corrected chi connectivity index (χ4v) is 6.05. The van der Waals surface area contributed by atoms with Crippen LogP contribution in [0.4, 0.5) is 0 Å². The summed E-state index contributed by atoms with van der Waals surface area (Å²) in [5.74, 6) is -1.11. The molecule has 0 fully saturated rings. The maximum atomic E-state index is 12.8. The molecule has 0 aromatic rings. The number of carbonyl (C=O) groups excluding carboxylic acids is 3. The molecular weight excluding hydrogens is 793 g/mol. The molecule has 6 nitrogen and oxygen atoms in total. The normalized spacial score (nSPS) is 13.4. The molecule has 0 rings (SSSR count). The summed E-state index contributed by atoms with van der Waals surface area (Å²) in [4.78, 5) is 37.8. The first-order chi connectivity index (χ1) is 31.5. The molecule has 0 aliphatic rings. The molecule has 0 heterocycles. The van der Waals surface area contributed by atoms with Gasteiger partial charge in [0.2, 0.25) is 0 Å². The van der Waals surface area contributed by atoms with Gasteiger partial charge in [-0.1, -0.05) is 218 Å². The van der Waals surface area contributed by atoms with Crippen molar-refractivity contribution >= 4 is 17.9 Å². The number of esters is 3. The number of hydrogen-bond acceptors (Lipinski definition) is 6. The first kappa shape index (κ1) is 59.3. The van der Waals surface area contributed by atoms with Crippen LogP contribution in [0.3, 0.4) is 0 Å². The van der Waals surface area contributed by atoms with Gasteiger partial charge in [0.15, 0.2) is 6.10 Å². The van der Waals surface area contributed by atoms with Crippen LogP contribution >= 0.6 is 0 Å². The molecule has 0 aromatic carbocycles. The molecule has 0 aliphatic heterocycles. The molecule has 356 valence electrons. The number of hydrogen-bond donors (Lipinski definition) is 0. The standard InChI is InChI=1S/C58H88O6/c1-4-7-10-13-16-19-21-23-25-27-29-31-32-34-36-39-42-45-48-51-57(60)63-54-55(53-62-56(59)50-47-44-41-38-18-15-12-9-6-3)64-58(61)52-49-46-43-40-37-35-33-30-28-26-24-22-20-17-14-11-8-5-2/h7,9-12,14,16-20,22-26,28-31,33,38,44,47,55H,4-6,8,13,15,21,27,32,34-37,39-43,45-46,48-54H2,1-3H3/b10-7-,12-9-,14-11-,19-16-,20-17-,24-22-,25-23-,28-26-,31-29-,33-30-,38-18-,47-44-. The van der Waals surface area contributed by atoms with E-state index >= 15 is 0 Å². The average molecular weight is 881 g/mol. The molecule has 0 bridgehead atoms. The summed E-state index contributed by atoms with van der Waals surface area (Å²) in [5, 5.41) is 0. The van der Waals surface area contributed by atoms with Crippen LogP contribution in [-0.2, 0) is 28.6 Å². The van der Waals surface area contributed by atoms with Crippen LogP contribution in [0.1, 0.15) is 181 Å². The van der Waals surface area contributed by atoms with E-state index in [1.807, 2.05) is 42.5 Å². The van der Waals surface area contributed by atoms with E-state index in [2.05, 4.69) is 118 Å². The molecule has 0 aromatic heterocycles. The van der Waals surface area contributed by atoms with Gasteiger partial charge < -0.3 is 14.2 Å². The fourth-order valence-electron chi connectivity index (χ4n) is 6.05. The molecule has 0 N–H and O–H groups in total. The van der Waals surface area contributed by atoms with Gasteiger partial charge >= 0.3 is 17.9 Å². The topological polar surface area (TPSA) is 78.9 Å². The van der Waals surface area contributed by atoms with E-state index in [1.165, 1.54) is 19.3 Å². The van der Waals surface area contributed by atoms with Crippen molar-refractivity contribution in [2.45, 2.75) is 187 Å². The van der Waals surface area contributed by atoms with Crippen LogP contribution in [0.5, 0.6) is 0 Å². The van der Waals surface area contributed by atoms with Crippen molar-refractivity contribution in [2.75, 3.05) is 13.2 Å². The largest absolute Gasteiger partial charge is 0.462 e. The lowest BCUT2D eigenvalue weighted by Crippen LogP contribution is -2.30. The monoisotopic (exact) mass is 881 g/mol. The van der Waals surface area contributed by atoms with Gasteiger partial charge in [-0.15, -0.1) is 0 Å². The Morgan fingerprint density at radius 3 is 1.23 bits per heavy atom. The van der Waals surface area contributed by atoms with Crippen LogP contribution in [0, 0.1) is 0 Å². The minimum Gasteiger partial charge on any atom is -0.462 e. The van der Waals surface area contributed by atoms with Gasteiger partial charge in [0.1, 0.15) is 13.2 Å². The lowest BCUT2D eigenvalue weighted by Gasteiger charge is -2.18. The van der Waals surface area contributed by atoms with Gasteiger partial charge in [0.25, 0.3) is 0 Å². The third-order valence-electron chi connectivity index (χ3n) is 9.70. The minimum absolute atomic E-state index is 0.119. The SMILES string of the molecule is CC/C=C\C/C=C\C/C=C\C/C=C\CCCCCCCCC(=O)OCC(COC(=O)C/C=C\C/C=C\C/C=C\CC)OC(=O)CCCCCCC\C=C/C=C\C=C/C=C\C=C/CCC. The average Bonchev–Trinajstić information content (AvgIpc) is 3.29. The molecule has 0 saturated heterocycles. The van der Waals surface area contributed by atoms with Crippen molar-refractivity contribution in [3.63, 3.8) is 0 Å². The van der Waals surface area contributed by atoms with Gasteiger partial charge in [-0.05, 0) is 89.9 Å². The molecule has 1 atom stereocenters. The Bertz CT molecular complexity index is 1480. The molecule has 0 radical (unpaired) electrons. The lowest BCUT2D eigenvalue weighted by atomic mass is 10.1. The summed E-state index contributed by atoms with van der Waals surface area (Å²) >= 11 is 0. The second-order valence-electron chi connectivity index (χ2n) is 15.7. The summed E-state index contributed by atoms with van der Waals surface area (Å²) in [5.41, 5.74) is 0. The highest BCUT2D eigenvalue weighted by Crippen LogP contribution is 2.12. The summed E-state index contributed by atoms with van der Waals surface area (Å²) in [6.07, 6.45) is 72.9. The van der Waals surface area contributed by atoms with Gasteiger partial charge in [0.05, 0.1) is 6.42 Å². The zero-order valence-corrected chi connectivity index (χ0v) is 40.5. The quantitative estimate of drug-likeness (QED) is 0.0200. The summed E-state index contributed by atoms with van der Waals surface area (Å²) < 4.78 is 16.6. The maximum Gasteiger partial charge on any atom is 0.309 e. The molecule has 0 amide bonds. The summed E-state index contributed by atoms with van der Waals surface area (Å²) in [6, 6.07) is 0. The number of ether oxygens (including phenoxy) is 3. The first-order valence-electron chi connectivity index (χ1n) is 24.9. The van der Waals surface area contributed by atoms with E-state index in [0.717, 1.165) is 122 Å². The first-order valence-corrected chi connectivity index (χ1v) is 24.9. The number of carbonyl (C=O) groups is 3. The second-order valence-corrected chi connectivity index (χ2v) is 15.7. The zero-order chi connectivity index (χ0) is 46.5. The van der Waals surface area contributed by atoms with Gasteiger partial charge in [-0.3, -0.25) is 14.4 Å². The van der Waals surface area contributed by atoms with Crippen molar-refractivity contribution in [2.24, 2.45) is 0 Å². The number of unbranched alkanes of at least 4 members (excludes halogenated alkanes) is 12. The van der Waals surface area contributed by atoms with Crippen LogP contribution in [0.2, 0.25) is 0 Å². The predicted molar refractivity (Wildman–Crippen MR) is 274 cm³/mol. The number of allylic oxidation sites excluding steroid dienone is 23. The lowest BCUT2D eigenvalue weighted by molar-refractivity contribution is -0.166. The van der Waals surface area contributed by atoms with Crippen molar-refractivity contribution in [1.82, 2.24) is 0 Å².